The Morgan fingerprint density at radius 3 is 2.76 bits per heavy atom. The van der Waals surface area contributed by atoms with Crippen LogP contribution in [0.3, 0.4) is 0 Å². The van der Waals surface area contributed by atoms with E-state index >= 15 is 0 Å². The summed E-state index contributed by atoms with van der Waals surface area (Å²) in [5, 5.41) is 9.59. The van der Waals surface area contributed by atoms with E-state index in [1.807, 2.05) is 0 Å². The van der Waals surface area contributed by atoms with Gasteiger partial charge in [0.05, 0.1) is 11.9 Å². The lowest BCUT2D eigenvalue weighted by Gasteiger charge is -2.08. The molecule has 2 aromatic heterocycles. The van der Waals surface area contributed by atoms with Gasteiger partial charge in [0.1, 0.15) is 18.3 Å². The SMILES string of the molecule is O=S(=O)(Nc1ccc(-n2cncn2)c(F)c1)c1ccn[nH]1. The highest BCUT2D eigenvalue weighted by Crippen LogP contribution is 2.19. The molecule has 21 heavy (non-hydrogen) atoms. The van der Waals surface area contributed by atoms with Gasteiger partial charge in [0, 0.05) is 6.07 Å². The van der Waals surface area contributed by atoms with Gasteiger partial charge in [-0.15, -0.1) is 0 Å². The first-order chi connectivity index (χ1) is 10.1. The molecule has 0 radical (unpaired) electrons. The van der Waals surface area contributed by atoms with Crippen LogP contribution in [-0.4, -0.2) is 33.4 Å². The number of rotatable bonds is 4. The zero-order valence-corrected chi connectivity index (χ0v) is 11.2. The lowest BCUT2D eigenvalue weighted by Crippen LogP contribution is -2.13. The average Bonchev–Trinajstić information content (AvgIpc) is 3.12. The smallest absolute Gasteiger partial charge is 0.278 e. The molecule has 0 aliphatic carbocycles. The van der Waals surface area contributed by atoms with E-state index in [0.29, 0.717) is 0 Å². The fourth-order valence-corrected chi connectivity index (χ4v) is 2.65. The van der Waals surface area contributed by atoms with Crippen molar-refractivity contribution in [2.75, 3.05) is 4.72 Å². The van der Waals surface area contributed by atoms with Gasteiger partial charge in [0.2, 0.25) is 0 Å². The van der Waals surface area contributed by atoms with Gasteiger partial charge in [0.15, 0.2) is 10.8 Å². The highest BCUT2D eigenvalue weighted by Gasteiger charge is 2.16. The number of sulfonamides is 1. The monoisotopic (exact) mass is 308 g/mol. The van der Waals surface area contributed by atoms with Crippen LogP contribution in [0.4, 0.5) is 10.1 Å². The molecule has 0 aliphatic heterocycles. The molecule has 3 rings (SSSR count). The number of aromatic amines is 1. The number of halogens is 1. The first-order valence-electron chi connectivity index (χ1n) is 5.73. The summed E-state index contributed by atoms with van der Waals surface area (Å²) in [5.74, 6) is -0.634. The second-order valence-corrected chi connectivity index (χ2v) is 5.68. The highest BCUT2D eigenvalue weighted by molar-refractivity contribution is 7.92. The minimum atomic E-state index is -3.82. The first-order valence-corrected chi connectivity index (χ1v) is 7.21. The van der Waals surface area contributed by atoms with E-state index in [4.69, 9.17) is 0 Å². The number of hydrogen-bond donors (Lipinski definition) is 2. The van der Waals surface area contributed by atoms with Crippen molar-refractivity contribution in [1.29, 1.82) is 0 Å². The summed E-state index contributed by atoms with van der Waals surface area (Å²) in [6.07, 6.45) is 3.92. The summed E-state index contributed by atoms with van der Waals surface area (Å²) < 4.78 is 41.4. The zero-order valence-electron chi connectivity index (χ0n) is 10.4. The van der Waals surface area contributed by atoms with Crippen LogP contribution in [0.5, 0.6) is 0 Å². The van der Waals surface area contributed by atoms with E-state index in [1.54, 1.807) is 0 Å². The molecule has 0 fully saturated rings. The largest absolute Gasteiger partial charge is 0.278 e. The van der Waals surface area contributed by atoms with Crippen LogP contribution >= 0.6 is 0 Å². The van der Waals surface area contributed by atoms with Crippen molar-refractivity contribution in [3.63, 3.8) is 0 Å². The van der Waals surface area contributed by atoms with Crippen LogP contribution in [0, 0.1) is 5.82 Å². The van der Waals surface area contributed by atoms with Crippen molar-refractivity contribution in [1.82, 2.24) is 25.0 Å². The van der Waals surface area contributed by atoms with Crippen LogP contribution in [0.2, 0.25) is 0 Å². The third-order valence-corrected chi connectivity index (χ3v) is 3.94. The maximum absolute atomic E-state index is 14.0. The van der Waals surface area contributed by atoms with Gasteiger partial charge in [-0.1, -0.05) is 0 Å². The Kier molecular flexibility index (Phi) is 3.14. The van der Waals surface area contributed by atoms with Gasteiger partial charge in [-0.05, 0) is 18.2 Å². The molecule has 2 N–H and O–H groups in total. The predicted octanol–water partition coefficient (Wildman–Crippen LogP) is 0.930. The summed E-state index contributed by atoms with van der Waals surface area (Å²) >= 11 is 0. The molecule has 0 aliphatic rings. The number of nitrogens with one attached hydrogen (secondary N) is 2. The Hall–Kier alpha value is -2.75. The van der Waals surface area contributed by atoms with Crippen LogP contribution in [0.25, 0.3) is 5.69 Å². The lowest BCUT2D eigenvalue weighted by molar-refractivity contribution is 0.596. The van der Waals surface area contributed by atoms with Gasteiger partial charge >= 0.3 is 0 Å². The van der Waals surface area contributed by atoms with Crippen LogP contribution in [0.15, 0.2) is 48.1 Å². The number of anilines is 1. The molecule has 108 valence electrons. The van der Waals surface area contributed by atoms with Crippen LogP contribution in [-0.2, 0) is 10.0 Å². The quantitative estimate of drug-likeness (QED) is 0.746. The molecule has 0 saturated heterocycles. The van der Waals surface area contributed by atoms with Gasteiger partial charge in [-0.2, -0.15) is 18.6 Å². The third-order valence-electron chi connectivity index (χ3n) is 2.63. The fraction of sp³-hybridized carbons (Fsp3) is 0. The molecule has 2 heterocycles. The Bertz CT molecular complexity index is 845. The molecule has 3 aromatic rings. The molecule has 8 nitrogen and oxygen atoms in total. The molecular formula is C11H9FN6O2S. The number of H-pyrrole nitrogens is 1. The Labute approximate surface area is 118 Å². The first kappa shape index (κ1) is 13.2. The standard InChI is InChI=1S/C11H9FN6O2S/c12-9-5-8(1-2-10(9)18-7-13-6-15-18)17-21(19,20)11-3-4-14-16-11/h1-7,17H,(H,14,16). The lowest BCUT2D eigenvalue weighted by atomic mass is 10.3. The summed E-state index contributed by atoms with van der Waals surface area (Å²) in [7, 11) is -3.82. The van der Waals surface area contributed by atoms with Gasteiger partial charge < -0.3 is 0 Å². The maximum Gasteiger partial charge on any atom is 0.278 e. The van der Waals surface area contributed by atoms with E-state index < -0.39 is 15.8 Å². The molecule has 10 heteroatoms. The Balaban J connectivity index is 1.90. The fourth-order valence-electron chi connectivity index (χ4n) is 1.69. The topological polar surface area (TPSA) is 106 Å². The summed E-state index contributed by atoms with van der Waals surface area (Å²) in [5.41, 5.74) is 0.253. The van der Waals surface area contributed by atoms with Gasteiger partial charge in [-0.3, -0.25) is 9.82 Å². The minimum absolute atomic E-state index is 0.0889. The molecule has 0 spiro atoms. The second-order valence-electron chi connectivity index (χ2n) is 4.03. The van der Waals surface area contributed by atoms with Crippen molar-refractivity contribution >= 4 is 15.7 Å². The van der Waals surface area contributed by atoms with Crippen molar-refractivity contribution in [3.8, 4) is 5.69 Å². The zero-order chi connectivity index (χ0) is 14.9. The van der Waals surface area contributed by atoms with Crippen LogP contribution in [0.1, 0.15) is 0 Å². The molecule has 0 amide bonds. The average molecular weight is 308 g/mol. The number of aromatic nitrogens is 5. The molecule has 1 aromatic carbocycles. The summed E-state index contributed by atoms with van der Waals surface area (Å²) in [6.45, 7) is 0. The Morgan fingerprint density at radius 1 is 1.29 bits per heavy atom. The normalized spacial score (nSPS) is 11.5. The van der Waals surface area contributed by atoms with Crippen molar-refractivity contribution < 1.29 is 12.8 Å². The molecule has 0 unspecified atom stereocenters. The Morgan fingerprint density at radius 2 is 2.14 bits per heavy atom. The molecule has 0 atom stereocenters. The highest BCUT2D eigenvalue weighted by atomic mass is 32.2. The van der Waals surface area contributed by atoms with E-state index in [9.17, 15) is 12.8 Å². The van der Waals surface area contributed by atoms with Gasteiger partial charge in [0.25, 0.3) is 10.0 Å². The van der Waals surface area contributed by atoms with Crippen molar-refractivity contribution in [2.24, 2.45) is 0 Å². The van der Waals surface area contributed by atoms with E-state index in [2.05, 4.69) is 25.0 Å². The molecule has 0 bridgehead atoms. The maximum atomic E-state index is 14.0. The number of benzene rings is 1. The van der Waals surface area contributed by atoms with E-state index in [1.165, 1.54) is 41.7 Å². The van der Waals surface area contributed by atoms with Gasteiger partial charge in [-0.25, -0.2) is 14.1 Å². The second kappa shape index (κ2) is 4.98. The molecule has 0 saturated carbocycles. The number of nitrogens with zero attached hydrogens (tertiary/aromatic N) is 4. The summed E-state index contributed by atoms with van der Waals surface area (Å²) in [4.78, 5) is 3.72. The third kappa shape index (κ3) is 2.60. The summed E-state index contributed by atoms with van der Waals surface area (Å²) in [6, 6.07) is 5.18. The van der Waals surface area contributed by atoms with E-state index in [0.717, 1.165) is 6.07 Å². The minimum Gasteiger partial charge on any atom is -0.278 e. The van der Waals surface area contributed by atoms with Crippen LogP contribution < -0.4 is 4.72 Å². The number of hydrogen-bond acceptors (Lipinski definition) is 5. The predicted molar refractivity (Wildman–Crippen MR) is 70.7 cm³/mol. The van der Waals surface area contributed by atoms with Crippen molar-refractivity contribution in [3.05, 3.63) is 48.9 Å². The van der Waals surface area contributed by atoms with Crippen molar-refractivity contribution in [2.45, 2.75) is 5.03 Å². The van der Waals surface area contributed by atoms with E-state index in [-0.39, 0.29) is 16.4 Å². The molecular weight excluding hydrogens is 299 g/mol.